The summed E-state index contributed by atoms with van der Waals surface area (Å²) in [6.45, 7) is -0.374. The summed E-state index contributed by atoms with van der Waals surface area (Å²) in [5.41, 5.74) is -1.32. The first-order chi connectivity index (χ1) is 12.8. The molecule has 27 heavy (non-hydrogen) atoms. The molecule has 1 atom stereocenters. The Hall–Kier alpha value is -1.77. The average molecular weight is 404 g/mol. The first kappa shape index (κ1) is 20.0. The van der Waals surface area contributed by atoms with Crippen LogP contribution in [0.15, 0.2) is 18.2 Å². The van der Waals surface area contributed by atoms with Gasteiger partial charge in [-0.15, -0.1) is 11.8 Å². The van der Waals surface area contributed by atoms with Crippen LogP contribution in [0.1, 0.15) is 36.8 Å². The normalized spacial score (nSPS) is 20.9. The van der Waals surface area contributed by atoms with Crippen LogP contribution in [-0.4, -0.2) is 34.4 Å². The maximum atomic E-state index is 13.2. The van der Waals surface area contributed by atoms with Gasteiger partial charge in [0, 0.05) is 18.2 Å². The van der Waals surface area contributed by atoms with E-state index in [1.165, 1.54) is 16.7 Å². The van der Waals surface area contributed by atoms with Crippen molar-refractivity contribution in [3.8, 4) is 0 Å². The van der Waals surface area contributed by atoms with Gasteiger partial charge in [0.05, 0.1) is 11.4 Å². The fraction of sp³-hybridized carbons (Fsp3) is 0.556. The van der Waals surface area contributed by atoms with Gasteiger partial charge in [-0.1, -0.05) is 18.9 Å². The van der Waals surface area contributed by atoms with E-state index < -0.39 is 29.5 Å². The summed E-state index contributed by atoms with van der Waals surface area (Å²) >= 11 is 1.45. The second-order valence-electron chi connectivity index (χ2n) is 6.82. The Morgan fingerprint density at radius 2 is 1.93 bits per heavy atom. The first-order valence-corrected chi connectivity index (χ1v) is 9.94. The van der Waals surface area contributed by atoms with Crippen LogP contribution in [0.3, 0.4) is 0 Å². The fourth-order valence-corrected chi connectivity index (χ4v) is 4.72. The lowest BCUT2D eigenvalue weighted by atomic mass is 10.1. The minimum Gasteiger partial charge on any atom is -0.350 e. The van der Waals surface area contributed by atoms with Crippen molar-refractivity contribution in [2.24, 2.45) is 5.92 Å². The molecule has 1 aliphatic carbocycles. The van der Waals surface area contributed by atoms with Crippen LogP contribution in [-0.2, 0) is 22.3 Å². The third kappa shape index (κ3) is 4.56. The minimum absolute atomic E-state index is 0.0459. The van der Waals surface area contributed by atoms with Crippen LogP contribution in [0.4, 0.5) is 17.6 Å². The Bertz CT molecular complexity index is 720. The van der Waals surface area contributed by atoms with Crippen LogP contribution in [0.5, 0.6) is 0 Å². The lowest BCUT2D eigenvalue weighted by Gasteiger charge is -2.26. The minimum atomic E-state index is -4.71. The molecule has 1 N–H and O–H groups in total. The van der Waals surface area contributed by atoms with Crippen LogP contribution >= 0.6 is 11.8 Å². The molecule has 0 bridgehead atoms. The molecule has 2 amide bonds. The number of nitrogens with one attached hydrogen (secondary N) is 1. The third-order valence-corrected chi connectivity index (χ3v) is 6.02. The maximum Gasteiger partial charge on any atom is 0.416 e. The molecule has 1 heterocycles. The number of alkyl halides is 3. The van der Waals surface area contributed by atoms with Crippen molar-refractivity contribution in [2.45, 2.75) is 44.4 Å². The van der Waals surface area contributed by atoms with E-state index >= 15 is 0 Å². The molecule has 2 fully saturated rings. The number of rotatable bonds is 4. The zero-order chi connectivity index (χ0) is 19.6. The zero-order valence-corrected chi connectivity index (χ0v) is 15.3. The van der Waals surface area contributed by atoms with E-state index in [4.69, 9.17) is 0 Å². The lowest BCUT2D eigenvalue weighted by molar-refractivity contribution is -0.141. The number of thioether (sulfide) groups is 1. The van der Waals surface area contributed by atoms with E-state index in [9.17, 15) is 27.2 Å². The zero-order valence-electron chi connectivity index (χ0n) is 14.5. The fourth-order valence-electron chi connectivity index (χ4n) is 3.55. The number of halogens is 4. The predicted molar refractivity (Wildman–Crippen MR) is 93.2 cm³/mol. The molecule has 1 aromatic carbocycles. The largest absolute Gasteiger partial charge is 0.416 e. The highest BCUT2D eigenvalue weighted by molar-refractivity contribution is 7.99. The Kier molecular flexibility index (Phi) is 5.98. The molecule has 148 valence electrons. The van der Waals surface area contributed by atoms with Gasteiger partial charge in [0.1, 0.15) is 11.9 Å². The highest BCUT2D eigenvalue weighted by Gasteiger charge is 2.39. The standard InChI is InChI=1S/C18H20F4N2O2S/c19-13-6-5-12(14(7-13)18(20,21)22)8-23-16(25)15-9-27-10-24(15)17(26)11-3-1-2-4-11/h5-7,11,15H,1-4,8-10H2,(H,23,25). The smallest absolute Gasteiger partial charge is 0.350 e. The van der Waals surface area contributed by atoms with E-state index in [2.05, 4.69) is 5.32 Å². The van der Waals surface area contributed by atoms with Crippen LogP contribution in [0.2, 0.25) is 0 Å². The average Bonchev–Trinajstić information content (AvgIpc) is 3.30. The van der Waals surface area contributed by atoms with Crippen molar-refractivity contribution in [3.05, 3.63) is 35.1 Å². The van der Waals surface area contributed by atoms with Crippen molar-refractivity contribution in [1.82, 2.24) is 10.2 Å². The summed E-state index contributed by atoms with van der Waals surface area (Å²) < 4.78 is 52.4. The van der Waals surface area contributed by atoms with E-state index in [1.54, 1.807) is 0 Å². The van der Waals surface area contributed by atoms with Gasteiger partial charge >= 0.3 is 6.18 Å². The monoisotopic (exact) mass is 404 g/mol. The van der Waals surface area contributed by atoms with Gasteiger partial charge < -0.3 is 10.2 Å². The molecule has 1 aliphatic heterocycles. The third-order valence-electron chi connectivity index (χ3n) is 5.00. The van der Waals surface area contributed by atoms with Gasteiger partial charge in [-0.05, 0) is 30.5 Å². The van der Waals surface area contributed by atoms with Gasteiger partial charge in [0.2, 0.25) is 11.8 Å². The highest BCUT2D eigenvalue weighted by atomic mass is 32.2. The maximum absolute atomic E-state index is 13.2. The quantitative estimate of drug-likeness (QED) is 0.781. The van der Waals surface area contributed by atoms with Gasteiger partial charge in [0.15, 0.2) is 0 Å². The van der Waals surface area contributed by atoms with E-state index in [-0.39, 0.29) is 23.9 Å². The molecule has 0 radical (unpaired) electrons. The molecule has 9 heteroatoms. The second kappa shape index (κ2) is 8.08. The predicted octanol–water partition coefficient (Wildman–Crippen LogP) is 3.55. The molecule has 4 nitrogen and oxygen atoms in total. The van der Waals surface area contributed by atoms with E-state index in [0.29, 0.717) is 17.7 Å². The SMILES string of the molecule is O=C(NCc1ccc(F)cc1C(F)(F)F)C1CSCN1C(=O)C1CCCC1. The van der Waals surface area contributed by atoms with E-state index in [0.717, 1.165) is 37.8 Å². The molecule has 1 saturated heterocycles. The highest BCUT2D eigenvalue weighted by Crippen LogP contribution is 2.33. The number of hydrogen-bond donors (Lipinski definition) is 1. The molecular formula is C18H20F4N2O2S. The molecule has 0 spiro atoms. The summed E-state index contributed by atoms with van der Waals surface area (Å²) in [4.78, 5) is 26.6. The van der Waals surface area contributed by atoms with E-state index in [1.807, 2.05) is 0 Å². The number of benzene rings is 1. The molecule has 1 aromatic rings. The second-order valence-corrected chi connectivity index (χ2v) is 7.82. The summed E-state index contributed by atoms with van der Waals surface area (Å²) in [6.07, 6.45) is -1.08. The summed E-state index contributed by atoms with van der Waals surface area (Å²) in [7, 11) is 0. The first-order valence-electron chi connectivity index (χ1n) is 8.79. The summed E-state index contributed by atoms with van der Waals surface area (Å²) in [6, 6.07) is 1.68. The summed E-state index contributed by atoms with van der Waals surface area (Å²) in [5, 5.41) is 2.48. The van der Waals surface area contributed by atoms with Gasteiger partial charge in [-0.25, -0.2) is 4.39 Å². The van der Waals surface area contributed by atoms with Crippen molar-refractivity contribution in [2.75, 3.05) is 11.6 Å². The number of amides is 2. The number of carbonyl (C=O) groups excluding carboxylic acids is 2. The molecule has 2 aliphatic rings. The van der Waals surface area contributed by atoms with Gasteiger partial charge in [-0.2, -0.15) is 13.2 Å². The van der Waals surface area contributed by atoms with Crippen molar-refractivity contribution >= 4 is 23.6 Å². The number of carbonyl (C=O) groups is 2. The van der Waals surface area contributed by atoms with Gasteiger partial charge in [0.25, 0.3) is 0 Å². The molecular weight excluding hydrogens is 384 g/mol. The summed E-state index contributed by atoms with van der Waals surface area (Å²) in [5.74, 6) is -0.748. The van der Waals surface area contributed by atoms with Crippen molar-refractivity contribution in [1.29, 1.82) is 0 Å². The topological polar surface area (TPSA) is 49.4 Å². The lowest BCUT2D eigenvalue weighted by Crippen LogP contribution is -2.48. The Labute approximate surface area is 158 Å². The van der Waals surface area contributed by atoms with Crippen LogP contribution in [0.25, 0.3) is 0 Å². The Morgan fingerprint density at radius 1 is 1.22 bits per heavy atom. The number of nitrogens with zero attached hydrogens (tertiary/aromatic N) is 1. The Balaban J connectivity index is 1.66. The molecule has 0 aromatic heterocycles. The van der Waals surface area contributed by atoms with Crippen molar-refractivity contribution in [3.63, 3.8) is 0 Å². The Morgan fingerprint density at radius 3 is 2.59 bits per heavy atom. The van der Waals surface area contributed by atoms with Crippen LogP contribution in [0, 0.1) is 11.7 Å². The molecule has 3 rings (SSSR count). The van der Waals surface area contributed by atoms with Crippen molar-refractivity contribution < 1.29 is 27.2 Å². The van der Waals surface area contributed by atoms with Gasteiger partial charge in [-0.3, -0.25) is 9.59 Å². The van der Waals surface area contributed by atoms with Crippen LogP contribution < -0.4 is 5.32 Å². The molecule has 1 unspecified atom stereocenters. The molecule has 1 saturated carbocycles. The number of hydrogen-bond acceptors (Lipinski definition) is 3.